The second kappa shape index (κ2) is 5.99. The Kier molecular flexibility index (Phi) is 4.55. The third-order valence-electron chi connectivity index (χ3n) is 3.54. The fraction of sp³-hybridized carbons (Fsp3) is 0.714. The van der Waals surface area contributed by atoms with Gasteiger partial charge in [0.15, 0.2) is 11.6 Å². The van der Waals surface area contributed by atoms with E-state index in [1.807, 2.05) is 4.90 Å². The minimum Gasteiger partial charge on any atom is -0.490 e. The molecule has 2 fully saturated rings. The summed E-state index contributed by atoms with van der Waals surface area (Å²) in [4.78, 5) is 2.01. The van der Waals surface area contributed by atoms with Crippen LogP contribution in [0.4, 0.5) is 13.2 Å². The van der Waals surface area contributed by atoms with E-state index < -0.39 is 11.8 Å². The molecular formula is C14H20F3NO. The Hall–Kier alpha value is -0.970. The van der Waals surface area contributed by atoms with Crippen LogP contribution >= 0.6 is 0 Å². The van der Waals surface area contributed by atoms with Crippen molar-refractivity contribution in [2.45, 2.75) is 32.1 Å². The third-order valence-corrected chi connectivity index (χ3v) is 3.54. The molecule has 0 unspecified atom stereocenters. The molecule has 1 atom stereocenters. The molecule has 0 amide bonds. The highest BCUT2D eigenvalue weighted by Crippen LogP contribution is 2.48. The number of allylic oxidation sites excluding steroid dienone is 2. The molecule has 1 aliphatic carbocycles. The van der Waals surface area contributed by atoms with Gasteiger partial charge in [-0.2, -0.15) is 0 Å². The van der Waals surface area contributed by atoms with E-state index in [-0.39, 0.29) is 31.2 Å². The summed E-state index contributed by atoms with van der Waals surface area (Å²) in [6.45, 7) is 3.62. The number of rotatable bonds is 6. The van der Waals surface area contributed by atoms with Crippen molar-refractivity contribution in [1.82, 2.24) is 4.90 Å². The second-order valence-electron chi connectivity index (χ2n) is 5.23. The van der Waals surface area contributed by atoms with E-state index in [0.29, 0.717) is 0 Å². The van der Waals surface area contributed by atoms with Crippen LogP contribution in [0, 0.1) is 5.92 Å². The van der Waals surface area contributed by atoms with Crippen molar-refractivity contribution >= 4 is 0 Å². The van der Waals surface area contributed by atoms with Crippen LogP contribution in [0.3, 0.4) is 0 Å². The van der Waals surface area contributed by atoms with E-state index in [0.717, 1.165) is 25.9 Å². The molecule has 0 radical (unpaired) electrons. The predicted octanol–water partition coefficient (Wildman–Crippen LogP) is 3.51. The van der Waals surface area contributed by atoms with Crippen LogP contribution in [0.5, 0.6) is 0 Å². The molecule has 2 rings (SSSR count). The first-order valence-electron chi connectivity index (χ1n) is 6.77. The fourth-order valence-electron chi connectivity index (χ4n) is 2.22. The Morgan fingerprint density at radius 1 is 1.37 bits per heavy atom. The lowest BCUT2D eigenvalue weighted by atomic mass is 10.3. The highest BCUT2D eigenvalue weighted by atomic mass is 19.3. The topological polar surface area (TPSA) is 12.5 Å². The summed E-state index contributed by atoms with van der Waals surface area (Å²) >= 11 is 0. The Labute approximate surface area is 111 Å². The minimum atomic E-state index is -2.62. The second-order valence-corrected chi connectivity index (χ2v) is 5.23. The molecular weight excluding hydrogens is 255 g/mol. The highest BCUT2D eigenvalue weighted by Gasteiger charge is 2.57. The Balaban J connectivity index is 1.89. The summed E-state index contributed by atoms with van der Waals surface area (Å²) in [7, 11) is 0. The van der Waals surface area contributed by atoms with Gasteiger partial charge in [0.2, 0.25) is 0 Å². The number of halogens is 3. The van der Waals surface area contributed by atoms with E-state index in [4.69, 9.17) is 4.74 Å². The lowest BCUT2D eigenvalue weighted by Gasteiger charge is -2.15. The zero-order valence-corrected chi connectivity index (χ0v) is 11.2. The number of hydrogen-bond donors (Lipinski definition) is 0. The summed E-state index contributed by atoms with van der Waals surface area (Å²) in [5, 5.41) is 0. The van der Waals surface area contributed by atoms with E-state index in [9.17, 15) is 13.2 Å². The van der Waals surface area contributed by atoms with Crippen molar-refractivity contribution in [2.24, 2.45) is 5.92 Å². The molecule has 2 nitrogen and oxygen atoms in total. The maximum atomic E-state index is 14.0. The van der Waals surface area contributed by atoms with Gasteiger partial charge in [0.1, 0.15) is 0 Å². The highest BCUT2D eigenvalue weighted by molar-refractivity contribution is 5.17. The summed E-state index contributed by atoms with van der Waals surface area (Å²) in [5.41, 5.74) is 0. The van der Waals surface area contributed by atoms with Crippen LogP contribution in [-0.4, -0.2) is 37.1 Å². The Morgan fingerprint density at radius 3 is 2.53 bits per heavy atom. The quantitative estimate of drug-likeness (QED) is 0.543. The van der Waals surface area contributed by atoms with Crippen molar-refractivity contribution in [3.63, 3.8) is 0 Å². The van der Waals surface area contributed by atoms with Crippen LogP contribution in [0.2, 0.25) is 0 Å². The summed E-state index contributed by atoms with van der Waals surface area (Å²) < 4.78 is 44.8. The van der Waals surface area contributed by atoms with Crippen LogP contribution in [-0.2, 0) is 4.74 Å². The van der Waals surface area contributed by atoms with E-state index in [2.05, 4.69) is 0 Å². The molecule has 1 saturated heterocycles. The normalized spacial score (nSPS) is 27.7. The molecule has 1 heterocycles. The van der Waals surface area contributed by atoms with Gasteiger partial charge in [-0.05, 0) is 38.9 Å². The largest absolute Gasteiger partial charge is 0.490 e. The smallest absolute Gasteiger partial charge is 0.255 e. The van der Waals surface area contributed by atoms with Gasteiger partial charge in [-0.3, -0.25) is 4.90 Å². The lowest BCUT2D eigenvalue weighted by Crippen LogP contribution is -2.21. The van der Waals surface area contributed by atoms with Gasteiger partial charge in [-0.1, -0.05) is 6.08 Å². The molecule has 0 aromatic heterocycles. The third kappa shape index (κ3) is 4.00. The van der Waals surface area contributed by atoms with Crippen molar-refractivity contribution in [3.8, 4) is 0 Å². The average Bonchev–Trinajstić information content (AvgIpc) is 2.78. The number of hydrogen-bond acceptors (Lipinski definition) is 2. The van der Waals surface area contributed by atoms with Gasteiger partial charge < -0.3 is 4.74 Å². The predicted molar refractivity (Wildman–Crippen MR) is 67.6 cm³/mol. The molecule has 0 N–H and O–H groups in total. The minimum absolute atomic E-state index is 0.0945. The first-order chi connectivity index (χ1) is 9.03. The van der Waals surface area contributed by atoms with Gasteiger partial charge in [-0.15, -0.1) is 0 Å². The van der Waals surface area contributed by atoms with E-state index in [1.165, 1.54) is 6.08 Å². The molecule has 1 aliphatic heterocycles. The molecule has 2 aliphatic rings. The number of alkyl halides is 2. The molecule has 0 aromatic carbocycles. The first kappa shape index (κ1) is 14.4. The molecule has 5 heteroatoms. The monoisotopic (exact) mass is 275 g/mol. The maximum Gasteiger partial charge on any atom is 0.255 e. The van der Waals surface area contributed by atoms with Crippen LogP contribution in [0.25, 0.3) is 0 Å². The van der Waals surface area contributed by atoms with Gasteiger partial charge in [0.25, 0.3) is 5.92 Å². The molecule has 19 heavy (non-hydrogen) atoms. The Morgan fingerprint density at radius 2 is 2.00 bits per heavy atom. The molecule has 108 valence electrons. The summed E-state index contributed by atoms with van der Waals surface area (Å²) in [6.07, 6.45) is 5.18. The van der Waals surface area contributed by atoms with Crippen LogP contribution in [0.1, 0.15) is 26.2 Å². The molecule has 0 bridgehead atoms. The van der Waals surface area contributed by atoms with Gasteiger partial charge >= 0.3 is 0 Å². The zero-order chi connectivity index (χ0) is 13.9. The number of ether oxygens (including phenoxy) is 1. The van der Waals surface area contributed by atoms with Gasteiger partial charge in [-0.25, -0.2) is 13.2 Å². The number of likely N-dealkylation sites (tertiary alicyclic amines) is 1. The maximum absolute atomic E-state index is 14.0. The Bertz CT molecular complexity index is 373. The first-order valence-corrected chi connectivity index (χ1v) is 6.77. The number of nitrogens with zero attached hydrogens (tertiary/aromatic N) is 1. The van der Waals surface area contributed by atoms with E-state index >= 15 is 0 Å². The summed E-state index contributed by atoms with van der Waals surface area (Å²) in [5.74, 6) is -3.65. The SMILES string of the molecule is C/C=C\C(OC[C@H]1CC1(F)F)=C(\F)CN1CCCC1. The van der Waals surface area contributed by atoms with Gasteiger partial charge in [0.05, 0.1) is 19.1 Å². The van der Waals surface area contributed by atoms with E-state index in [1.54, 1.807) is 13.0 Å². The van der Waals surface area contributed by atoms with Crippen molar-refractivity contribution in [2.75, 3.05) is 26.2 Å². The molecule has 0 spiro atoms. The van der Waals surface area contributed by atoms with Gasteiger partial charge in [0, 0.05) is 6.42 Å². The standard InChI is InChI=1S/C14H20F3NO/c1-2-5-13(19-10-11-8-14(11,16)17)12(15)9-18-6-3-4-7-18/h2,5,11H,3-4,6-10H2,1H3/b5-2-,13-12-/t11-/m1/s1. The zero-order valence-electron chi connectivity index (χ0n) is 11.2. The lowest BCUT2D eigenvalue weighted by molar-refractivity contribution is 0.0738. The average molecular weight is 275 g/mol. The molecule has 0 aromatic rings. The van der Waals surface area contributed by atoms with Crippen molar-refractivity contribution < 1.29 is 17.9 Å². The fourth-order valence-corrected chi connectivity index (χ4v) is 2.22. The van der Waals surface area contributed by atoms with Crippen LogP contribution in [0.15, 0.2) is 23.7 Å². The van der Waals surface area contributed by atoms with Crippen molar-refractivity contribution in [3.05, 3.63) is 23.7 Å². The van der Waals surface area contributed by atoms with Crippen molar-refractivity contribution in [1.29, 1.82) is 0 Å². The summed E-state index contributed by atoms with van der Waals surface area (Å²) in [6, 6.07) is 0. The molecule has 1 saturated carbocycles. The van der Waals surface area contributed by atoms with Crippen LogP contribution < -0.4 is 0 Å².